The first-order chi connectivity index (χ1) is 9.49. The van der Waals surface area contributed by atoms with Gasteiger partial charge in [0.25, 0.3) is 0 Å². The number of benzene rings is 1. The highest BCUT2D eigenvalue weighted by atomic mass is 35.5. The van der Waals surface area contributed by atoms with Crippen LogP contribution in [0.15, 0.2) is 18.2 Å². The average molecular weight is 315 g/mol. The van der Waals surface area contributed by atoms with Gasteiger partial charge in [-0.2, -0.15) is 0 Å². The number of hydrogen-bond donors (Lipinski definition) is 1. The molecule has 1 aliphatic rings. The Morgan fingerprint density at radius 1 is 1.45 bits per heavy atom. The molecule has 2 unspecified atom stereocenters. The minimum absolute atomic E-state index is 0.0744. The van der Waals surface area contributed by atoms with Crippen molar-refractivity contribution in [3.8, 4) is 0 Å². The molecule has 1 aromatic carbocycles. The highest BCUT2D eigenvalue weighted by molar-refractivity contribution is 6.36. The predicted octanol–water partition coefficient (Wildman–Crippen LogP) is 3.12. The van der Waals surface area contributed by atoms with Gasteiger partial charge in [-0.1, -0.05) is 29.3 Å². The van der Waals surface area contributed by atoms with E-state index in [1.807, 2.05) is 11.8 Å². The predicted molar refractivity (Wildman–Crippen MR) is 83.1 cm³/mol. The van der Waals surface area contributed by atoms with Crippen LogP contribution in [0.3, 0.4) is 0 Å². The first-order valence-corrected chi connectivity index (χ1v) is 7.71. The molecule has 0 aromatic heterocycles. The van der Waals surface area contributed by atoms with Gasteiger partial charge in [-0.3, -0.25) is 4.79 Å². The third-order valence-corrected chi connectivity index (χ3v) is 4.65. The van der Waals surface area contributed by atoms with Crippen LogP contribution in [0, 0.1) is 5.92 Å². The summed E-state index contributed by atoms with van der Waals surface area (Å²) in [5.74, 6) is 0.458. The summed E-state index contributed by atoms with van der Waals surface area (Å²) in [4.78, 5) is 14.3. The number of piperidine rings is 1. The topological polar surface area (TPSA) is 46.3 Å². The van der Waals surface area contributed by atoms with Gasteiger partial charge in [0, 0.05) is 29.2 Å². The van der Waals surface area contributed by atoms with Crippen LogP contribution < -0.4 is 5.73 Å². The van der Waals surface area contributed by atoms with Crippen molar-refractivity contribution in [1.29, 1.82) is 0 Å². The van der Waals surface area contributed by atoms with Crippen LogP contribution in [-0.4, -0.2) is 29.9 Å². The van der Waals surface area contributed by atoms with E-state index in [0.29, 0.717) is 21.5 Å². The molecule has 1 amide bonds. The summed E-state index contributed by atoms with van der Waals surface area (Å²) in [6.07, 6.45) is 2.35. The molecule has 1 fully saturated rings. The second-order valence-electron chi connectivity index (χ2n) is 5.48. The van der Waals surface area contributed by atoms with Crippen LogP contribution in [0.4, 0.5) is 0 Å². The van der Waals surface area contributed by atoms with Gasteiger partial charge >= 0.3 is 0 Å². The van der Waals surface area contributed by atoms with Crippen molar-refractivity contribution >= 4 is 29.1 Å². The number of carbonyl (C=O) groups excluding carboxylic acids is 1. The standard InChI is InChI=1S/C15H20Cl2N2O/c1-10(18)11-4-3-7-19(9-11)15(20)8-12-13(16)5-2-6-14(12)17/h2,5-6,10-11H,3-4,7-9,18H2,1H3. The number of carbonyl (C=O) groups is 1. The van der Waals surface area contributed by atoms with Gasteiger partial charge in [-0.25, -0.2) is 0 Å². The Balaban J connectivity index is 2.05. The van der Waals surface area contributed by atoms with Gasteiger partial charge in [-0.15, -0.1) is 0 Å². The maximum atomic E-state index is 12.4. The van der Waals surface area contributed by atoms with Crippen molar-refractivity contribution in [3.05, 3.63) is 33.8 Å². The second kappa shape index (κ2) is 6.79. The number of likely N-dealkylation sites (tertiary alicyclic amines) is 1. The van der Waals surface area contributed by atoms with E-state index in [9.17, 15) is 4.79 Å². The summed E-state index contributed by atoms with van der Waals surface area (Å²) in [6.45, 7) is 3.53. The molecule has 5 heteroatoms. The maximum Gasteiger partial charge on any atom is 0.227 e. The van der Waals surface area contributed by atoms with E-state index >= 15 is 0 Å². The van der Waals surface area contributed by atoms with Crippen LogP contribution in [0.5, 0.6) is 0 Å². The molecule has 1 heterocycles. The molecule has 1 aromatic rings. The van der Waals surface area contributed by atoms with Crippen molar-refractivity contribution in [1.82, 2.24) is 4.90 Å². The fourth-order valence-corrected chi connectivity index (χ4v) is 3.16. The van der Waals surface area contributed by atoms with E-state index in [0.717, 1.165) is 25.9 Å². The molecule has 0 spiro atoms. The van der Waals surface area contributed by atoms with E-state index in [2.05, 4.69) is 0 Å². The van der Waals surface area contributed by atoms with E-state index in [1.165, 1.54) is 0 Å². The fraction of sp³-hybridized carbons (Fsp3) is 0.533. The van der Waals surface area contributed by atoms with Gasteiger partial charge in [0.2, 0.25) is 5.91 Å². The number of rotatable bonds is 3. The molecule has 2 N–H and O–H groups in total. The second-order valence-corrected chi connectivity index (χ2v) is 6.29. The number of nitrogens with zero attached hydrogens (tertiary/aromatic N) is 1. The number of halogens is 2. The molecule has 2 rings (SSSR count). The Labute approximate surface area is 130 Å². The van der Waals surface area contributed by atoms with Crippen molar-refractivity contribution < 1.29 is 4.79 Å². The zero-order chi connectivity index (χ0) is 14.7. The minimum atomic E-state index is 0.0744. The Morgan fingerprint density at radius 3 is 2.70 bits per heavy atom. The number of hydrogen-bond acceptors (Lipinski definition) is 2. The van der Waals surface area contributed by atoms with Crippen LogP contribution in [0.1, 0.15) is 25.3 Å². The lowest BCUT2D eigenvalue weighted by Gasteiger charge is -2.34. The van der Waals surface area contributed by atoms with Crippen molar-refractivity contribution in [2.45, 2.75) is 32.2 Å². The van der Waals surface area contributed by atoms with Crippen LogP contribution >= 0.6 is 23.2 Å². The summed E-state index contributed by atoms with van der Waals surface area (Å²) in [7, 11) is 0. The minimum Gasteiger partial charge on any atom is -0.342 e. The molecular weight excluding hydrogens is 295 g/mol. The molecule has 1 aliphatic heterocycles. The van der Waals surface area contributed by atoms with Crippen LogP contribution in [0.2, 0.25) is 10.0 Å². The molecular formula is C15H20Cl2N2O. The molecule has 110 valence electrons. The summed E-state index contributed by atoms with van der Waals surface area (Å²) in [5.41, 5.74) is 6.66. The molecule has 3 nitrogen and oxygen atoms in total. The van der Waals surface area contributed by atoms with Gasteiger partial charge < -0.3 is 10.6 Å². The summed E-state index contributed by atoms with van der Waals surface area (Å²) < 4.78 is 0. The Morgan fingerprint density at radius 2 is 2.10 bits per heavy atom. The third kappa shape index (κ3) is 3.66. The number of nitrogens with two attached hydrogens (primary N) is 1. The van der Waals surface area contributed by atoms with Crippen LogP contribution in [0.25, 0.3) is 0 Å². The van der Waals surface area contributed by atoms with Crippen molar-refractivity contribution in [2.75, 3.05) is 13.1 Å². The average Bonchev–Trinajstić information content (AvgIpc) is 2.43. The molecule has 0 bridgehead atoms. The van der Waals surface area contributed by atoms with Gasteiger partial charge in [0.15, 0.2) is 0 Å². The molecule has 2 atom stereocenters. The Hall–Kier alpha value is -0.770. The van der Waals surface area contributed by atoms with Crippen molar-refractivity contribution in [3.63, 3.8) is 0 Å². The normalized spacial score (nSPS) is 20.8. The highest BCUT2D eigenvalue weighted by Gasteiger charge is 2.26. The summed E-state index contributed by atoms with van der Waals surface area (Å²) >= 11 is 12.2. The van der Waals surface area contributed by atoms with E-state index in [4.69, 9.17) is 28.9 Å². The van der Waals surface area contributed by atoms with Crippen molar-refractivity contribution in [2.24, 2.45) is 11.7 Å². The maximum absolute atomic E-state index is 12.4. The molecule has 1 saturated heterocycles. The van der Waals surface area contributed by atoms with Gasteiger partial charge in [0.1, 0.15) is 0 Å². The Kier molecular flexibility index (Phi) is 5.30. The molecule has 0 radical (unpaired) electrons. The lowest BCUT2D eigenvalue weighted by Crippen LogP contribution is -2.45. The monoisotopic (exact) mass is 314 g/mol. The lowest BCUT2D eigenvalue weighted by atomic mass is 9.92. The zero-order valence-corrected chi connectivity index (χ0v) is 13.1. The SMILES string of the molecule is CC(N)C1CCCN(C(=O)Cc2c(Cl)cccc2Cl)C1. The van der Waals surface area contributed by atoms with Gasteiger partial charge in [0.05, 0.1) is 6.42 Å². The molecule has 20 heavy (non-hydrogen) atoms. The quantitative estimate of drug-likeness (QED) is 0.931. The summed E-state index contributed by atoms with van der Waals surface area (Å²) in [5, 5.41) is 1.10. The number of amides is 1. The van der Waals surface area contributed by atoms with Gasteiger partial charge in [-0.05, 0) is 43.4 Å². The first-order valence-electron chi connectivity index (χ1n) is 6.95. The van der Waals surface area contributed by atoms with Crippen LogP contribution in [-0.2, 0) is 11.2 Å². The Bertz CT molecular complexity index is 471. The molecule has 0 saturated carbocycles. The first kappa shape index (κ1) is 15.6. The third-order valence-electron chi connectivity index (χ3n) is 3.94. The smallest absolute Gasteiger partial charge is 0.227 e. The molecule has 0 aliphatic carbocycles. The van der Waals surface area contributed by atoms with E-state index in [1.54, 1.807) is 18.2 Å². The largest absolute Gasteiger partial charge is 0.342 e. The highest BCUT2D eigenvalue weighted by Crippen LogP contribution is 2.26. The zero-order valence-electron chi connectivity index (χ0n) is 11.6. The van der Waals surface area contributed by atoms with E-state index in [-0.39, 0.29) is 18.4 Å². The lowest BCUT2D eigenvalue weighted by molar-refractivity contribution is -0.132. The fourth-order valence-electron chi connectivity index (χ4n) is 2.63. The summed E-state index contributed by atoms with van der Waals surface area (Å²) in [6, 6.07) is 5.43. The van der Waals surface area contributed by atoms with E-state index < -0.39 is 0 Å².